The predicted molar refractivity (Wildman–Crippen MR) is 209 cm³/mol. The molecular weight excluding hydrogens is 759 g/mol. The highest BCUT2D eigenvalue weighted by atomic mass is 19.4. The predicted octanol–water partition coefficient (Wildman–Crippen LogP) is 10.3. The molecular formula is C44H40F6N6O2. The topological polar surface area (TPSA) is 110 Å². The smallest absolute Gasteiger partial charge is 0.349 e. The summed E-state index contributed by atoms with van der Waals surface area (Å²) in [4.78, 5) is 24.8. The fourth-order valence-corrected chi connectivity index (χ4v) is 6.65. The number of alkyl halides is 6. The van der Waals surface area contributed by atoms with Gasteiger partial charge in [0.25, 0.3) is 11.8 Å². The summed E-state index contributed by atoms with van der Waals surface area (Å²) in [7, 11) is 0. The highest BCUT2D eigenvalue weighted by Crippen LogP contribution is 2.39. The molecule has 14 heteroatoms. The van der Waals surface area contributed by atoms with Crippen LogP contribution in [-0.2, 0) is 0 Å². The van der Waals surface area contributed by atoms with Crippen LogP contribution in [0.4, 0.5) is 26.3 Å². The fourth-order valence-electron chi connectivity index (χ4n) is 6.65. The van der Waals surface area contributed by atoms with Gasteiger partial charge in [-0.2, -0.15) is 46.7 Å². The van der Waals surface area contributed by atoms with Crippen LogP contribution in [0.3, 0.4) is 0 Å². The molecule has 2 aromatic heterocycles. The molecule has 58 heavy (non-hydrogen) atoms. The molecule has 0 saturated heterocycles. The van der Waals surface area contributed by atoms with Gasteiger partial charge in [-0.3, -0.25) is 9.59 Å². The molecule has 2 heterocycles. The Morgan fingerprint density at radius 1 is 0.586 bits per heavy atom. The van der Waals surface area contributed by atoms with Crippen LogP contribution in [0.2, 0.25) is 0 Å². The number of benzene rings is 4. The number of hydrogen-bond acceptors (Lipinski definition) is 6. The summed E-state index contributed by atoms with van der Waals surface area (Å²) in [6.45, 7) is 6.04. The summed E-state index contributed by atoms with van der Waals surface area (Å²) < 4.78 is 79.0. The first-order valence-corrected chi connectivity index (χ1v) is 19.0. The number of aromatic nitrogens is 4. The third kappa shape index (κ3) is 8.95. The van der Waals surface area contributed by atoms with E-state index < -0.39 is 24.2 Å². The molecule has 2 saturated carbocycles. The zero-order valence-corrected chi connectivity index (χ0v) is 32.1. The average Bonchev–Trinajstić information content (AvgIpc) is 4.14. The second-order valence-corrected chi connectivity index (χ2v) is 15.1. The van der Waals surface area contributed by atoms with Crippen molar-refractivity contribution in [2.24, 2.45) is 0 Å². The Kier molecular flexibility index (Phi) is 11.0. The second kappa shape index (κ2) is 15.8. The number of aryl methyl sites for hydroxylation is 2. The molecule has 2 atom stereocenters. The number of rotatable bonds is 8. The molecule has 8 rings (SSSR count). The van der Waals surface area contributed by atoms with E-state index in [1.807, 2.05) is 38.1 Å². The lowest BCUT2D eigenvalue weighted by Gasteiger charge is -2.16. The first-order valence-electron chi connectivity index (χ1n) is 19.0. The molecule has 0 bridgehead atoms. The van der Waals surface area contributed by atoms with Gasteiger partial charge >= 0.3 is 12.4 Å². The van der Waals surface area contributed by atoms with Gasteiger partial charge in [0.2, 0.25) is 0 Å². The van der Waals surface area contributed by atoms with Gasteiger partial charge in [-0.15, -0.1) is 0 Å². The molecule has 2 fully saturated rings. The maximum absolute atomic E-state index is 13.2. The standard InChI is InChI=1S/2C22H20F3N3O/c2*1-12-3-4-15(21(29)27-17-6-7-17)10-19(12)14-5-8-18-16(9-14)11-26-28-20(18)13(2)22(23,24)25/h2*3-5,8-11,13,17H,6-7H2,1-2H3,(H,27,29)/t2*13-/m10/s1. The molecule has 0 spiro atoms. The molecule has 2 N–H and O–H groups in total. The molecule has 0 radical (unpaired) electrons. The Hall–Kier alpha value is -5.92. The number of nitrogens with one attached hydrogen (secondary N) is 2. The zero-order valence-electron chi connectivity index (χ0n) is 32.1. The third-order valence-corrected chi connectivity index (χ3v) is 10.6. The van der Waals surface area contributed by atoms with Crippen LogP contribution in [0, 0.1) is 13.8 Å². The first-order chi connectivity index (χ1) is 27.5. The van der Waals surface area contributed by atoms with Gasteiger partial charge in [0, 0.05) is 44.8 Å². The van der Waals surface area contributed by atoms with Gasteiger partial charge < -0.3 is 10.6 Å². The number of fused-ring (bicyclic) bond motifs is 2. The van der Waals surface area contributed by atoms with Crippen LogP contribution in [0.15, 0.2) is 85.2 Å². The highest BCUT2D eigenvalue weighted by molar-refractivity contribution is 5.98. The van der Waals surface area contributed by atoms with Gasteiger partial charge in [0.1, 0.15) is 0 Å². The zero-order chi connectivity index (χ0) is 41.5. The maximum Gasteiger partial charge on any atom is 0.397 e. The Morgan fingerprint density at radius 3 is 1.31 bits per heavy atom. The largest absolute Gasteiger partial charge is 0.397 e. The maximum atomic E-state index is 13.2. The van der Waals surface area contributed by atoms with E-state index in [0.717, 1.165) is 72.9 Å². The first kappa shape index (κ1) is 40.3. The minimum Gasteiger partial charge on any atom is -0.349 e. The number of nitrogens with zero attached hydrogens (tertiary/aromatic N) is 4. The van der Waals surface area contributed by atoms with Crippen LogP contribution in [0.5, 0.6) is 0 Å². The summed E-state index contributed by atoms with van der Waals surface area (Å²) in [6, 6.07) is 21.9. The minimum absolute atomic E-state index is 0.0872. The lowest BCUT2D eigenvalue weighted by molar-refractivity contribution is -0.147. The summed E-state index contributed by atoms with van der Waals surface area (Å²) in [5.41, 5.74) is 6.25. The Bertz CT molecular complexity index is 2360. The van der Waals surface area contributed by atoms with Gasteiger partial charge in [0.15, 0.2) is 0 Å². The van der Waals surface area contributed by atoms with E-state index in [0.29, 0.717) is 32.7 Å². The van der Waals surface area contributed by atoms with Crippen molar-refractivity contribution in [1.82, 2.24) is 31.0 Å². The normalized spacial score (nSPS) is 15.3. The van der Waals surface area contributed by atoms with Crippen LogP contribution in [0.25, 0.3) is 43.8 Å². The molecule has 2 aliphatic carbocycles. The number of carbonyl (C=O) groups is 2. The Morgan fingerprint density at radius 2 is 0.966 bits per heavy atom. The Balaban J connectivity index is 0.000000177. The van der Waals surface area contributed by atoms with Crippen molar-refractivity contribution in [3.05, 3.63) is 119 Å². The van der Waals surface area contributed by atoms with Crippen molar-refractivity contribution in [1.29, 1.82) is 0 Å². The van der Waals surface area contributed by atoms with Gasteiger partial charge in [-0.1, -0.05) is 36.4 Å². The summed E-state index contributed by atoms with van der Waals surface area (Å²) >= 11 is 0. The van der Waals surface area contributed by atoms with Crippen molar-refractivity contribution in [3.63, 3.8) is 0 Å². The molecule has 6 aromatic rings. The Labute approximate surface area is 330 Å². The summed E-state index contributed by atoms with van der Waals surface area (Å²) in [5.74, 6) is -3.63. The molecule has 0 unspecified atom stereocenters. The number of amides is 2. The van der Waals surface area contributed by atoms with E-state index in [9.17, 15) is 35.9 Å². The lowest BCUT2D eigenvalue weighted by Crippen LogP contribution is -2.25. The molecule has 8 nitrogen and oxygen atoms in total. The van der Waals surface area contributed by atoms with E-state index in [1.54, 1.807) is 48.5 Å². The van der Waals surface area contributed by atoms with Crippen LogP contribution >= 0.6 is 0 Å². The molecule has 2 aliphatic rings. The molecule has 0 aliphatic heterocycles. The van der Waals surface area contributed by atoms with Crippen molar-refractivity contribution in [3.8, 4) is 22.3 Å². The molecule has 300 valence electrons. The monoisotopic (exact) mass is 798 g/mol. The number of carbonyl (C=O) groups excluding carboxylic acids is 2. The van der Waals surface area contributed by atoms with Gasteiger partial charge in [-0.05, 0) is 123 Å². The van der Waals surface area contributed by atoms with Crippen molar-refractivity contribution < 1.29 is 35.9 Å². The third-order valence-electron chi connectivity index (χ3n) is 10.6. The SMILES string of the molecule is Cc1ccc(C(=O)NC2CC2)cc1-c1ccc2c([C@@H](C)C(F)(F)F)nncc2c1.Cc1ccc(C(=O)NC2CC2)cc1-c1ccc2c([C@H](C)C(F)(F)F)nncc2c1. The van der Waals surface area contributed by atoms with E-state index >= 15 is 0 Å². The van der Waals surface area contributed by atoms with Gasteiger partial charge in [0.05, 0.1) is 35.6 Å². The van der Waals surface area contributed by atoms with Crippen LogP contribution in [0.1, 0.15) is 94.6 Å². The van der Waals surface area contributed by atoms with E-state index in [-0.39, 0.29) is 35.3 Å². The summed E-state index contributed by atoms with van der Waals surface area (Å²) in [5, 5.41) is 23.0. The van der Waals surface area contributed by atoms with Crippen LogP contribution in [-0.4, -0.2) is 56.6 Å². The number of hydrogen-bond donors (Lipinski definition) is 2. The van der Waals surface area contributed by atoms with Crippen LogP contribution < -0.4 is 10.6 Å². The quantitative estimate of drug-likeness (QED) is 0.148. The van der Waals surface area contributed by atoms with Crippen molar-refractivity contribution in [2.45, 2.75) is 89.7 Å². The van der Waals surface area contributed by atoms with E-state index in [1.165, 1.54) is 12.4 Å². The number of halogens is 6. The average molecular weight is 799 g/mol. The van der Waals surface area contributed by atoms with Gasteiger partial charge in [-0.25, -0.2) is 0 Å². The van der Waals surface area contributed by atoms with E-state index in [2.05, 4.69) is 31.0 Å². The van der Waals surface area contributed by atoms with Crippen molar-refractivity contribution >= 4 is 33.4 Å². The molecule has 4 aromatic carbocycles. The fraction of sp³-hybridized carbons (Fsp3) is 0.318. The van der Waals surface area contributed by atoms with E-state index in [4.69, 9.17) is 0 Å². The second-order valence-electron chi connectivity index (χ2n) is 15.1. The van der Waals surface area contributed by atoms with Crippen molar-refractivity contribution in [2.75, 3.05) is 0 Å². The minimum atomic E-state index is -4.39. The highest BCUT2D eigenvalue weighted by Gasteiger charge is 2.40. The molecule has 2 amide bonds. The summed E-state index contributed by atoms with van der Waals surface area (Å²) in [6.07, 6.45) is -1.81. The lowest BCUT2D eigenvalue weighted by atomic mass is 9.94.